The number of sulfonamides is 1. The van der Waals surface area contributed by atoms with Crippen LogP contribution in [0, 0.1) is 10.1 Å². The Kier molecular flexibility index (Phi) is 11.8. The minimum Gasteiger partial charge on any atom is -0.483 e. The number of hydrogen-bond donors (Lipinski definition) is 2. The highest BCUT2D eigenvalue weighted by Gasteiger charge is 2.39. The van der Waals surface area contributed by atoms with Gasteiger partial charge in [0.1, 0.15) is 29.4 Å². The third kappa shape index (κ3) is 8.90. The van der Waals surface area contributed by atoms with Gasteiger partial charge in [-0.05, 0) is 102 Å². The van der Waals surface area contributed by atoms with Crippen LogP contribution in [0.2, 0.25) is 0 Å². The summed E-state index contributed by atoms with van der Waals surface area (Å²) in [6.45, 7) is 7.18. The Hall–Kier alpha value is -6.36. The number of halogens is 1. The van der Waals surface area contributed by atoms with E-state index in [2.05, 4.69) is 74.7 Å². The van der Waals surface area contributed by atoms with E-state index in [1.54, 1.807) is 24.4 Å². The van der Waals surface area contributed by atoms with Gasteiger partial charge in [-0.15, -0.1) is 0 Å². The summed E-state index contributed by atoms with van der Waals surface area (Å²) in [5.41, 5.74) is 3.47. The van der Waals surface area contributed by atoms with E-state index in [1.165, 1.54) is 23.4 Å². The predicted octanol–water partition coefficient (Wildman–Crippen LogP) is 9.10. The minimum absolute atomic E-state index is 0.0533. The largest absolute Gasteiger partial charge is 0.483 e. The van der Waals surface area contributed by atoms with Crippen molar-refractivity contribution in [1.82, 2.24) is 19.6 Å². The van der Waals surface area contributed by atoms with Crippen molar-refractivity contribution >= 4 is 38.3 Å². The molecule has 5 heterocycles. The molecule has 14 nitrogen and oxygen atoms in total. The monoisotopic (exact) mass is 888 g/mol. The van der Waals surface area contributed by atoms with E-state index >= 15 is 4.39 Å². The van der Waals surface area contributed by atoms with Crippen LogP contribution >= 0.6 is 0 Å². The Labute approximate surface area is 370 Å². The van der Waals surface area contributed by atoms with Gasteiger partial charge in [0.25, 0.3) is 15.9 Å². The second kappa shape index (κ2) is 17.7. The van der Waals surface area contributed by atoms with Gasteiger partial charge in [0, 0.05) is 43.0 Å². The Morgan fingerprint density at radius 2 is 1.75 bits per heavy atom. The highest BCUT2D eigenvalue weighted by molar-refractivity contribution is 7.90. The van der Waals surface area contributed by atoms with Crippen LogP contribution in [0.5, 0.6) is 17.2 Å². The van der Waals surface area contributed by atoms with Crippen molar-refractivity contribution in [2.75, 3.05) is 44.4 Å². The zero-order chi connectivity index (χ0) is 44.6. The number of pyridine rings is 1. The average Bonchev–Trinajstić information content (AvgIpc) is 3.96. The number of carbonyl (C=O) groups is 1. The van der Waals surface area contributed by atoms with Crippen molar-refractivity contribution in [3.8, 4) is 28.4 Å². The number of alkyl halides is 1. The number of fused-ring (bicyclic) bond motifs is 1. The molecular formula is C48H49FN6O8S. The summed E-state index contributed by atoms with van der Waals surface area (Å²) < 4.78 is 62.4. The summed E-state index contributed by atoms with van der Waals surface area (Å²) >= 11 is 0. The number of likely N-dealkylation sites (tertiary alicyclic amines) is 1. The number of nitro groups is 1. The van der Waals surface area contributed by atoms with Crippen LogP contribution in [0.25, 0.3) is 22.2 Å². The lowest BCUT2D eigenvalue weighted by Crippen LogP contribution is -2.55. The van der Waals surface area contributed by atoms with E-state index in [0.717, 1.165) is 54.2 Å². The number of rotatable bonds is 14. The molecule has 16 heteroatoms. The smallest absolute Gasteiger partial charge is 0.312 e. The topological polar surface area (TPSA) is 169 Å². The molecule has 0 spiro atoms. The normalized spacial score (nSPS) is 17.9. The second-order valence-electron chi connectivity index (χ2n) is 17.1. The van der Waals surface area contributed by atoms with Crippen molar-refractivity contribution in [3.05, 3.63) is 136 Å². The fourth-order valence-corrected chi connectivity index (χ4v) is 9.89. The highest BCUT2D eigenvalue weighted by Crippen LogP contribution is 2.41. The fourth-order valence-electron chi connectivity index (χ4n) is 8.90. The number of ether oxygens (including phenoxy) is 3. The van der Waals surface area contributed by atoms with Gasteiger partial charge in [0.15, 0.2) is 5.75 Å². The number of piperidine rings is 1. The third-order valence-corrected chi connectivity index (χ3v) is 13.9. The first kappa shape index (κ1) is 42.9. The van der Waals surface area contributed by atoms with Crippen molar-refractivity contribution < 1.29 is 36.7 Å². The zero-order valence-corrected chi connectivity index (χ0v) is 36.4. The molecule has 2 aromatic heterocycles. The number of aromatic nitrogens is 2. The first-order valence-corrected chi connectivity index (χ1v) is 23.0. The van der Waals surface area contributed by atoms with Gasteiger partial charge in [0.2, 0.25) is 0 Å². The van der Waals surface area contributed by atoms with E-state index in [9.17, 15) is 23.3 Å². The lowest BCUT2D eigenvalue weighted by atomic mass is 9.91. The number of carbonyl (C=O) groups excluding carboxylic acids is 1. The Balaban J connectivity index is 0.950. The van der Waals surface area contributed by atoms with Gasteiger partial charge in [-0.25, -0.2) is 22.5 Å². The summed E-state index contributed by atoms with van der Waals surface area (Å²) in [4.78, 5) is 36.8. The van der Waals surface area contributed by atoms with Gasteiger partial charge in [-0.3, -0.25) is 19.8 Å². The predicted molar refractivity (Wildman–Crippen MR) is 240 cm³/mol. The van der Waals surface area contributed by atoms with Crippen LogP contribution < -0.4 is 19.1 Å². The maximum atomic E-state index is 15.7. The molecule has 3 aliphatic heterocycles. The molecule has 64 heavy (non-hydrogen) atoms. The average molecular weight is 889 g/mol. The lowest BCUT2D eigenvalue weighted by molar-refractivity contribution is -0.386. The molecule has 4 aromatic carbocycles. The number of H-pyrrole nitrogens is 1. The fraction of sp³-hybridized carbons (Fsp3) is 0.333. The van der Waals surface area contributed by atoms with Crippen molar-refractivity contribution in [1.29, 1.82) is 0 Å². The van der Waals surface area contributed by atoms with Gasteiger partial charge >= 0.3 is 5.69 Å². The molecule has 0 radical (unpaired) electrons. The highest BCUT2D eigenvalue weighted by atomic mass is 32.2. The molecule has 0 aliphatic carbocycles. The van der Waals surface area contributed by atoms with Crippen molar-refractivity contribution in [2.24, 2.45) is 0 Å². The van der Waals surface area contributed by atoms with E-state index in [-0.39, 0.29) is 42.0 Å². The standard InChI is InChI=1S/C48H49FN6O8S/c1-31(2)39-6-3-4-7-40(39)42-8-5-21-54(42)35-12-9-32(10-13-35)33-11-15-41(45(25-33)63-37-24-34-17-20-50-46(34)51-27-37)47(56)52-64(59,60)38-14-16-44(43(26-38)55(57)58)62-30-48(49)18-22-53(23-19-48)36-28-61-29-36/h3-4,6-7,9-17,20,24-27,31,36,42H,5,8,18-19,21-23,28-30H2,1-2H3,(H,50,51)(H,52,56). The molecular weight excluding hydrogens is 840 g/mol. The molecule has 3 saturated heterocycles. The molecule has 1 amide bonds. The summed E-state index contributed by atoms with van der Waals surface area (Å²) in [6.07, 6.45) is 5.72. The van der Waals surface area contributed by atoms with E-state index in [4.69, 9.17) is 14.2 Å². The van der Waals surface area contributed by atoms with E-state index in [1.807, 2.05) is 18.2 Å². The van der Waals surface area contributed by atoms with E-state index in [0.29, 0.717) is 49.2 Å². The second-order valence-corrected chi connectivity index (χ2v) is 18.8. The number of nitro benzene ring substituents is 1. The Bertz CT molecular complexity index is 2810. The van der Waals surface area contributed by atoms with Crippen LogP contribution in [-0.2, 0) is 14.8 Å². The first-order valence-electron chi connectivity index (χ1n) is 21.5. The first-order chi connectivity index (χ1) is 30.8. The van der Waals surface area contributed by atoms with Gasteiger partial charge < -0.3 is 24.1 Å². The number of anilines is 1. The maximum Gasteiger partial charge on any atom is 0.312 e. The van der Waals surface area contributed by atoms with Gasteiger partial charge in [-0.1, -0.05) is 56.3 Å². The minimum atomic E-state index is -4.68. The molecule has 6 aromatic rings. The molecule has 0 bridgehead atoms. The number of benzene rings is 4. The molecule has 0 saturated carbocycles. The van der Waals surface area contributed by atoms with Crippen LogP contribution in [0.4, 0.5) is 15.8 Å². The summed E-state index contributed by atoms with van der Waals surface area (Å²) in [6, 6.07) is 28.8. The number of nitrogens with one attached hydrogen (secondary N) is 2. The van der Waals surface area contributed by atoms with Crippen LogP contribution in [-0.4, -0.2) is 85.3 Å². The van der Waals surface area contributed by atoms with Crippen molar-refractivity contribution in [3.63, 3.8) is 0 Å². The molecule has 3 aliphatic rings. The van der Waals surface area contributed by atoms with Gasteiger partial charge in [-0.2, -0.15) is 0 Å². The quantitative estimate of drug-likeness (QED) is 0.0790. The molecule has 332 valence electrons. The molecule has 3 fully saturated rings. The van der Waals surface area contributed by atoms with Crippen LogP contribution in [0.1, 0.15) is 73.0 Å². The molecule has 9 rings (SSSR count). The third-order valence-electron chi connectivity index (χ3n) is 12.6. The van der Waals surface area contributed by atoms with E-state index < -0.39 is 43.7 Å². The van der Waals surface area contributed by atoms with Crippen LogP contribution in [0.15, 0.2) is 114 Å². The Morgan fingerprint density at radius 1 is 0.984 bits per heavy atom. The molecule has 1 atom stereocenters. The summed E-state index contributed by atoms with van der Waals surface area (Å²) in [5.74, 6) is -0.557. The molecule has 1 unspecified atom stereocenters. The maximum absolute atomic E-state index is 15.7. The molecule has 2 N–H and O–H groups in total. The van der Waals surface area contributed by atoms with Crippen molar-refractivity contribution in [2.45, 2.75) is 68.1 Å². The SMILES string of the molecule is CC(C)c1ccccc1C1CCCN1c1ccc(-c2ccc(C(=O)NS(=O)(=O)c3ccc(OCC4(F)CCN(C5COC5)CC4)c([N+](=O)[O-])c3)c(Oc3cnc4[nH]ccc4c3)c2)cc1. The number of aromatic amines is 1. The van der Waals surface area contributed by atoms with Gasteiger partial charge in [0.05, 0.1) is 46.9 Å². The number of nitrogens with zero attached hydrogens (tertiary/aromatic N) is 4. The number of amides is 1. The number of hydrogen-bond acceptors (Lipinski definition) is 11. The summed E-state index contributed by atoms with van der Waals surface area (Å²) in [7, 11) is -4.68. The zero-order valence-electron chi connectivity index (χ0n) is 35.5. The van der Waals surface area contributed by atoms with Crippen LogP contribution in [0.3, 0.4) is 0 Å². The summed E-state index contributed by atoms with van der Waals surface area (Å²) in [5, 5.41) is 12.9. The lowest BCUT2D eigenvalue weighted by Gasteiger charge is -2.43. The Morgan fingerprint density at radius 3 is 2.48 bits per heavy atom.